The molecule has 1 heterocycles. The van der Waals surface area contributed by atoms with Crippen molar-refractivity contribution in [3.8, 4) is 11.4 Å². The second kappa shape index (κ2) is 4.19. The number of nitrogens with zero attached hydrogens (tertiary/aromatic N) is 4. The SMILES string of the molecule is Cn1nnc(-c2ccc(C(=O)Cl)c(Cl)c2)n1. The van der Waals surface area contributed by atoms with Gasteiger partial charge < -0.3 is 0 Å². The van der Waals surface area contributed by atoms with Gasteiger partial charge in [0.25, 0.3) is 5.24 Å². The first kappa shape index (κ1) is 11.0. The van der Waals surface area contributed by atoms with Crippen molar-refractivity contribution < 1.29 is 4.79 Å². The molecule has 0 saturated heterocycles. The summed E-state index contributed by atoms with van der Waals surface area (Å²) in [6.45, 7) is 0. The van der Waals surface area contributed by atoms with E-state index in [1.807, 2.05) is 0 Å². The maximum absolute atomic E-state index is 11.0. The summed E-state index contributed by atoms with van der Waals surface area (Å²) >= 11 is 11.2. The second-order valence-corrected chi connectivity index (χ2v) is 3.82. The number of aryl methyl sites for hydroxylation is 1. The number of carbonyl (C=O) groups is 1. The molecule has 7 heteroatoms. The quantitative estimate of drug-likeness (QED) is 0.771. The molecule has 0 atom stereocenters. The van der Waals surface area contributed by atoms with Gasteiger partial charge in [0.1, 0.15) is 0 Å². The van der Waals surface area contributed by atoms with Crippen LogP contribution in [0.4, 0.5) is 0 Å². The summed E-state index contributed by atoms with van der Waals surface area (Å²) in [6.07, 6.45) is 0. The molecule has 0 N–H and O–H groups in total. The minimum absolute atomic E-state index is 0.260. The Morgan fingerprint density at radius 2 is 2.19 bits per heavy atom. The zero-order chi connectivity index (χ0) is 11.7. The number of tetrazole rings is 1. The molecule has 0 radical (unpaired) electrons. The Hall–Kier alpha value is -1.46. The molecule has 0 spiro atoms. The zero-order valence-electron chi connectivity index (χ0n) is 8.19. The summed E-state index contributed by atoms with van der Waals surface area (Å²) in [5.41, 5.74) is 0.941. The van der Waals surface area contributed by atoms with Crippen LogP contribution in [0, 0.1) is 0 Å². The molecule has 2 rings (SSSR count). The molecule has 5 nitrogen and oxygen atoms in total. The maximum Gasteiger partial charge on any atom is 0.253 e. The minimum atomic E-state index is -0.594. The molecule has 0 fully saturated rings. The molecule has 82 valence electrons. The van der Waals surface area contributed by atoms with Crippen molar-refractivity contribution in [3.63, 3.8) is 0 Å². The third kappa shape index (κ3) is 2.05. The Morgan fingerprint density at radius 3 is 2.69 bits per heavy atom. The third-order valence-corrected chi connectivity index (χ3v) is 2.46. The van der Waals surface area contributed by atoms with Gasteiger partial charge in [0.15, 0.2) is 0 Å². The van der Waals surface area contributed by atoms with Gasteiger partial charge in [0, 0.05) is 5.56 Å². The number of halogens is 2. The predicted octanol–water partition coefficient (Wildman–Crippen LogP) is 1.91. The molecule has 0 saturated carbocycles. The van der Waals surface area contributed by atoms with E-state index in [2.05, 4.69) is 15.4 Å². The molecule has 16 heavy (non-hydrogen) atoms. The van der Waals surface area contributed by atoms with Crippen LogP contribution in [0.25, 0.3) is 11.4 Å². The Kier molecular flexibility index (Phi) is 2.89. The van der Waals surface area contributed by atoms with E-state index in [4.69, 9.17) is 23.2 Å². The lowest BCUT2D eigenvalue weighted by atomic mass is 10.1. The summed E-state index contributed by atoms with van der Waals surface area (Å²) in [7, 11) is 1.66. The molecule has 0 aliphatic carbocycles. The van der Waals surface area contributed by atoms with Crippen LogP contribution in [0.5, 0.6) is 0 Å². The predicted molar refractivity (Wildman–Crippen MR) is 59.4 cm³/mol. The fraction of sp³-hybridized carbons (Fsp3) is 0.111. The zero-order valence-corrected chi connectivity index (χ0v) is 9.70. The number of aromatic nitrogens is 4. The van der Waals surface area contributed by atoms with Gasteiger partial charge in [-0.25, -0.2) is 0 Å². The van der Waals surface area contributed by atoms with Crippen LogP contribution in [-0.2, 0) is 7.05 Å². The molecule has 1 aromatic carbocycles. The van der Waals surface area contributed by atoms with Crippen LogP contribution >= 0.6 is 23.2 Å². The lowest BCUT2D eigenvalue weighted by molar-refractivity contribution is 0.108. The van der Waals surface area contributed by atoms with E-state index in [0.717, 1.165) is 0 Å². The summed E-state index contributed by atoms with van der Waals surface area (Å²) in [6, 6.07) is 4.77. The van der Waals surface area contributed by atoms with E-state index in [0.29, 0.717) is 11.4 Å². The molecule has 0 unspecified atom stereocenters. The van der Waals surface area contributed by atoms with E-state index in [1.165, 1.54) is 10.9 Å². The Labute approximate surface area is 101 Å². The minimum Gasteiger partial charge on any atom is -0.276 e. The lowest BCUT2D eigenvalue weighted by Crippen LogP contribution is -1.93. The van der Waals surface area contributed by atoms with Crippen molar-refractivity contribution in [1.29, 1.82) is 0 Å². The fourth-order valence-electron chi connectivity index (χ4n) is 1.21. The maximum atomic E-state index is 11.0. The number of benzene rings is 1. The Bertz CT molecular complexity index is 552. The van der Waals surface area contributed by atoms with Crippen molar-refractivity contribution in [2.45, 2.75) is 0 Å². The number of rotatable bonds is 2. The number of hydrogen-bond acceptors (Lipinski definition) is 4. The molecule has 0 aliphatic rings. The van der Waals surface area contributed by atoms with Crippen LogP contribution in [-0.4, -0.2) is 25.4 Å². The van der Waals surface area contributed by atoms with E-state index in [-0.39, 0.29) is 10.6 Å². The van der Waals surface area contributed by atoms with Crippen LogP contribution < -0.4 is 0 Å². The van der Waals surface area contributed by atoms with Gasteiger partial charge >= 0.3 is 0 Å². The molecular formula is C9H6Cl2N4O. The van der Waals surface area contributed by atoms with Gasteiger partial charge in [0.05, 0.1) is 17.6 Å². The van der Waals surface area contributed by atoms with Gasteiger partial charge in [-0.1, -0.05) is 17.7 Å². The van der Waals surface area contributed by atoms with E-state index in [9.17, 15) is 4.79 Å². The Balaban J connectivity index is 2.45. The molecule has 0 aliphatic heterocycles. The second-order valence-electron chi connectivity index (χ2n) is 3.07. The van der Waals surface area contributed by atoms with Crippen LogP contribution in [0.1, 0.15) is 10.4 Å². The van der Waals surface area contributed by atoms with Crippen LogP contribution in [0.15, 0.2) is 18.2 Å². The van der Waals surface area contributed by atoms with Gasteiger partial charge in [-0.05, 0) is 28.9 Å². The molecule has 2 aromatic rings. The van der Waals surface area contributed by atoms with Crippen LogP contribution in [0.3, 0.4) is 0 Å². The first-order chi connectivity index (χ1) is 7.58. The number of carbonyl (C=O) groups excluding carboxylic acids is 1. The van der Waals surface area contributed by atoms with Gasteiger partial charge in [-0.3, -0.25) is 4.79 Å². The fourth-order valence-corrected chi connectivity index (χ4v) is 1.69. The standard InChI is InChI=1S/C9H6Cl2N4O/c1-15-13-9(12-14-15)5-2-3-6(8(11)16)7(10)4-5/h2-4H,1H3. The molecular weight excluding hydrogens is 251 g/mol. The van der Waals surface area contributed by atoms with Crippen molar-refractivity contribution in [2.24, 2.45) is 7.05 Å². The smallest absolute Gasteiger partial charge is 0.253 e. The first-order valence-corrected chi connectivity index (χ1v) is 5.07. The summed E-state index contributed by atoms with van der Waals surface area (Å²) < 4.78 is 0. The molecule has 0 amide bonds. The topological polar surface area (TPSA) is 60.7 Å². The van der Waals surface area contributed by atoms with Crippen molar-refractivity contribution in [3.05, 3.63) is 28.8 Å². The van der Waals surface area contributed by atoms with E-state index in [1.54, 1.807) is 19.2 Å². The first-order valence-electron chi connectivity index (χ1n) is 4.31. The highest BCUT2D eigenvalue weighted by atomic mass is 35.5. The average molecular weight is 257 g/mol. The van der Waals surface area contributed by atoms with Gasteiger partial charge in [-0.15, -0.1) is 10.2 Å². The van der Waals surface area contributed by atoms with Gasteiger partial charge in [-0.2, -0.15) is 4.80 Å². The third-order valence-electron chi connectivity index (χ3n) is 1.95. The van der Waals surface area contributed by atoms with E-state index < -0.39 is 5.24 Å². The van der Waals surface area contributed by atoms with Crippen molar-refractivity contribution in [1.82, 2.24) is 20.2 Å². The van der Waals surface area contributed by atoms with E-state index >= 15 is 0 Å². The molecule has 0 bridgehead atoms. The van der Waals surface area contributed by atoms with Crippen molar-refractivity contribution in [2.75, 3.05) is 0 Å². The normalized spacial score (nSPS) is 10.4. The summed E-state index contributed by atoms with van der Waals surface area (Å²) in [5, 5.41) is 11.2. The summed E-state index contributed by atoms with van der Waals surface area (Å²) in [5.74, 6) is 0.443. The molecule has 1 aromatic heterocycles. The average Bonchev–Trinajstić information content (AvgIpc) is 2.64. The highest BCUT2D eigenvalue weighted by Gasteiger charge is 2.11. The largest absolute Gasteiger partial charge is 0.276 e. The highest BCUT2D eigenvalue weighted by molar-refractivity contribution is 6.68. The lowest BCUT2D eigenvalue weighted by Gasteiger charge is -2.00. The number of hydrogen-bond donors (Lipinski definition) is 0. The Morgan fingerprint density at radius 1 is 1.44 bits per heavy atom. The van der Waals surface area contributed by atoms with Crippen LogP contribution in [0.2, 0.25) is 5.02 Å². The van der Waals surface area contributed by atoms with Gasteiger partial charge in [0.2, 0.25) is 5.82 Å². The summed E-state index contributed by atoms with van der Waals surface area (Å²) in [4.78, 5) is 12.3. The van der Waals surface area contributed by atoms with Crippen molar-refractivity contribution >= 4 is 28.4 Å². The monoisotopic (exact) mass is 256 g/mol. The highest BCUT2D eigenvalue weighted by Crippen LogP contribution is 2.24.